The summed E-state index contributed by atoms with van der Waals surface area (Å²) in [7, 11) is -4.64. The number of aliphatic hydroxyl groups excluding tert-OH is 3. The smallest absolute Gasteiger partial charge is 0.394 e. The first-order chi connectivity index (χ1) is 13.6. The van der Waals surface area contributed by atoms with Crippen molar-refractivity contribution in [2.75, 3.05) is 12.3 Å². The standard InChI is InChI=1S/C13H14N6O4S.H3O4P/c14-13-17-7(11-15-1-2-24-11)6-10(18-13)19(4-16-6)12-9(22)8(21)5(3-20)23-12;1-5(2,3)4/h1-2,4-5,8-9,12,20-22H,3H2,(H2,14,17,18);(H3,1,2,3,4)/t5-,8-,9-,12-;/m1./s1. The highest BCUT2D eigenvalue weighted by molar-refractivity contribution is 7.45. The van der Waals surface area contributed by atoms with Crippen molar-refractivity contribution < 1.29 is 39.3 Å². The molecule has 0 aliphatic carbocycles. The Morgan fingerprint density at radius 3 is 2.45 bits per heavy atom. The van der Waals surface area contributed by atoms with Crippen molar-refractivity contribution in [2.24, 2.45) is 0 Å². The molecule has 0 spiro atoms. The first kappa shape index (κ1) is 21.6. The Balaban J connectivity index is 0.000000431. The largest absolute Gasteiger partial charge is 0.466 e. The van der Waals surface area contributed by atoms with Crippen LogP contribution in [0.1, 0.15) is 6.23 Å². The Kier molecular flexibility index (Phi) is 6.23. The number of ether oxygens (including phenoxy) is 1. The summed E-state index contributed by atoms with van der Waals surface area (Å²) in [5, 5.41) is 31.8. The molecule has 4 heterocycles. The van der Waals surface area contributed by atoms with Crippen LogP contribution in [0.4, 0.5) is 5.95 Å². The van der Waals surface area contributed by atoms with Gasteiger partial charge in [-0.15, -0.1) is 11.3 Å². The molecule has 8 N–H and O–H groups in total. The van der Waals surface area contributed by atoms with Gasteiger partial charge in [0.15, 0.2) is 11.9 Å². The summed E-state index contributed by atoms with van der Waals surface area (Å²) in [6.07, 6.45) is -1.21. The van der Waals surface area contributed by atoms with E-state index in [1.807, 2.05) is 5.38 Å². The van der Waals surface area contributed by atoms with Crippen LogP contribution in [-0.2, 0) is 9.30 Å². The first-order valence-electron chi connectivity index (χ1n) is 7.90. The van der Waals surface area contributed by atoms with Crippen LogP contribution in [0, 0.1) is 0 Å². The zero-order valence-corrected chi connectivity index (χ0v) is 16.1. The number of hydrogen-bond acceptors (Lipinski definition) is 11. The van der Waals surface area contributed by atoms with Crippen molar-refractivity contribution in [3.8, 4) is 10.7 Å². The van der Waals surface area contributed by atoms with E-state index >= 15 is 0 Å². The summed E-state index contributed by atoms with van der Waals surface area (Å²) in [4.78, 5) is 38.4. The number of aliphatic hydroxyl groups is 3. The third-order valence-electron chi connectivity index (χ3n) is 3.86. The van der Waals surface area contributed by atoms with Gasteiger partial charge in [0.1, 0.15) is 34.5 Å². The summed E-state index contributed by atoms with van der Waals surface area (Å²) in [5.74, 6) is 0.0289. The normalized spacial score (nSPS) is 24.5. The van der Waals surface area contributed by atoms with Crippen LogP contribution in [0.3, 0.4) is 0 Å². The van der Waals surface area contributed by atoms with E-state index < -0.39 is 39.0 Å². The van der Waals surface area contributed by atoms with Gasteiger partial charge in [0.05, 0.1) is 12.9 Å². The highest BCUT2D eigenvalue weighted by Crippen LogP contribution is 2.34. The summed E-state index contributed by atoms with van der Waals surface area (Å²) >= 11 is 1.39. The average molecular weight is 448 g/mol. The predicted molar refractivity (Wildman–Crippen MR) is 98.1 cm³/mol. The number of nitrogen functional groups attached to an aromatic ring is 1. The fourth-order valence-electron chi connectivity index (χ4n) is 2.72. The van der Waals surface area contributed by atoms with Crippen LogP contribution in [0.5, 0.6) is 0 Å². The zero-order chi connectivity index (χ0) is 21.3. The van der Waals surface area contributed by atoms with Crippen molar-refractivity contribution in [1.82, 2.24) is 24.5 Å². The van der Waals surface area contributed by atoms with E-state index in [4.69, 9.17) is 29.7 Å². The van der Waals surface area contributed by atoms with Crippen LogP contribution in [0.2, 0.25) is 0 Å². The van der Waals surface area contributed by atoms with E-state index in [1.165, 1.54) is 22.2 Å². The molecular formula is C13H17N6O8PS. The maximum Gasteiger partial charge on any atom is 0.466 e. The van der Waals surface area contributed by atoms with Crippen LogP contribution in [0.25, 0.3) is 21.9 Å². The molecule has 3 aromatic heterocycles. The molecular weight excluding hydrogens is 431 g/mol. The number of anilines is 1. The van der Waals surface area contributed by atoms with Gasteiger partial charge in [-0.2, -0.15) is 4.98 Å². The molecule has 0 unspecified atom stereocenters. The summed E-state index contributed by atoms with van der Waals surface area (Å²) in [6, 6.07) is 0. The van der Waals surface area contributed by atoms with Gasteiger partial charge in [0.25, 0.3) is 0 Å². The lowest BCUT2D eigenvalue weighted by molar-refractivity contribution is -0.0511. The van der Waals surface area contributed by atoms with Gasteiger partial charge in [-0.1, -0.05) is 0 Å². The molecule has 0 saturated carbocycles. The highest BCUT2D eigenvalue weighted by Gasteiger charge is 2.44. The molecule has 3 aromatic rings. The summed E-state index contributed by atoms with van der Waals surface area (Å²) in [6.45, 7) is -0.414. The van der Waals surface area contributed by atoms with Gasteiger partial charge in [-0.25, -0.2) is 19.5 Å². The van der Waals surface area contributed by atoms with Gasteiger partial charge >= 0.3 is 7.82 Å². The molecule has 1 saturated heterocycles. The first-order valence-corrected chi connectivity index (χ1v) is 10.3. The second kappa shape index (κ2) is 8.35. The number of nitrogens with zero attached hydrogens (tertiary/aromatic N) is 5. The van der Waals surface area contributed by atoms with Gasteiger partial charge in [-0.3, -0.25) is 4.57 Å². The number of nitrogens with two attached hydrogens (primary N) is 1. The third kappa shape index (κ3) is 4.75. The molecule has 1 aliphatic heterocycles. The van der Waals surface area contributed by atoms with Crippen molar-refractivity contribution in [2.45, 2.75) is 24.5 Å². The number of hydrogen-bond donors (Lipinski definition) is 7. The molecule has 4 atom stereocenters. The second-order valence-corrected chi connectivity index (χ2v) is 7.75. The number of fused-ring (bicyclic) bond motifs is 1. The Labute approximate surface area is 166 Å². The lowest BCUT2D eigenvalue weighted by Gasteiger charge is -2.16. The average Bonchev–Trinajstić information content (AvgIpc) is 3.34. The van der Waals surface area contributed by atoms with Crippen molar-refractivity contribution in [3.05, 3.63) is 17.9 Å². The molecule has 0 aromatic carbocycles. The maximum atomic E-state index is 10.2. The molecule has 0 bridgehead atoms. The van der Waals surface area contributed by atoms with Crippen LogP contribution >= 0.6 is 19.2 Å². The minimum Gasteiger partial charge on any atom is -0.394 e. The van der Waals surface area contributed by atoms with E-state index in [-0.39, 0.29) is 5.95 Å². The number of imidazole rings is 1. The van der Waals surface area contributed by atoms with E-state index in [2.05, 4.69) is 19.9 Å². The quantitative estimate of drug-likeness (QED) is 0.220. The van der Waals surface area contributed by atoms with E-state index in [9.17, 15) is 15.3 Å². The second-order valence-electron chi connectivity index (χ2n) is 5.83. The molecule has 1 aliphatic rings. The van der Waals surface area contributed by atoms with Crippen molar-refractivity contribution >= 4 is 36.3 Å². The van der Waals surface area contributed by atoms with Gasteiger partial charge < -0.3 is 40.5 Å². The molecule has 4 rings (SSSR count). The monoisotopic (exact) mass is 448 g/mol. The van der Waals surface area contributed by atoms with Gasteiger partial charge in [-0.05, 0) is 0 Å². The third-order valence-corrected chi connectivity index (χ3v) is 4.64. The number of rotatable bonds is 3. The topological polar surface area (TPSA) is 230 Å². The van der Waals surface area contributed by atoms with Crippen LogP contribution < -0.4 is 5.73 Å². The van der Waals surface area contributed by atoms with Crippen molar-refractivity contribution in [1.29, 1.82) is 0 Å². The zero-order valence-electron chi connectivity index (χ0n) is 14.4. The lowest BCUT2D eigenvalue weighted by atomic mass is 10.1. The van der Waals surface area contributed by atoms with Crippen molar-refractivity contribution in [3.63, 3.8) is 0 Å². The highest BCUT2D eigenvalue weighted by atomic mass is 32.1. The van der Waals surface area contributed by atoms with E-state index in [0.29, 0.717) is 21.9 Å². The fourth-order valence-corrected chi connectivity index (χ4v) is 3.35. The van der Waals surface area contributed by atoms with Crippen LogP contribution in [-0.4, -0.2) is 79.4 Å². The number of aromatic nitrogens is 5. The minimum absolute atomic E-state index is 0.0289. The lowest BCUT2D eigenvalue weighted by Crippen LogP contribution is -2.33. The minimum atomic E-state index is -4.64. The molecule has 16 heteroatoms. The van der Waals surface area contributed by atoms with E-state index in [1.54, 1.807) is 6.20 Å². The summed E-state index contributed by atoms with van der Waals surface area (Å²) < 4.78 is 15.9. The van der Waals surface area contributed by atoms with Gasteiger partial charge in [0.2, 0.25) is 5.95 Å². The Bertz CT molecular complexity index is 1020. The van der Waals surface area contributed by atoms with Crippen LogP contribution in [0.15, 0.2) is 17.9 Å². The molecule has 0 radical (unpaired) electrons. The Hall–Kier alpha value is -2.07. The molecule has 14 nitrogen and oxygen atoms in total. The molecule has 158 valence electrons. The Morgan fingerprint density at radius 1 is 1.21 bits per heavy atom. The number of phosphoric acid groups is 1. The number of thiazole rings is 1. The molecule has 0 amide bonds. The fraction of sp³-hybridized carbons (Fsp3) is 0.385. The van der Waals surface area contributed by atoms with E-state index in [0.717, 1.165) is 0 Å². The van der Waals surface area contributed by atoms with Gasteiger partial charge in [0, 0.05) is 11.6 Å². The molecule has 29 heavy (non-hydrogen) atoms. The Morgan fingerprint density at radius 2 is 1.90 bits per heavy atom. The SMILES string of the molecule is Nc1nc(-c2nccs2)c2ncn([C@@H]3O[C@H](CO)[C@@H](O)[C@H]3O)c2n1.O=P(O)(O)O. The maximum absolute atomic E-state index is 10.2. The molecule has 1 fully saturated rings. The predicted octanol–water partition coefficient (Wildman–Crippen LogP) is -1.79. The summed E-state index contributed by atoms with van der Waals surface area (Å²) in [5.41, 5.74) is 7.08.